The van der Waals surface area contributed by atoms with Gasteiger partial charge in [-0.3, -0.25) is 0 Å². The van der Waals surface area contributed by atoms with E-state index in [0.29, 0.717) is 30.3 Å². The van der Waals surface area contributed by atoms with Gasteiger partial charge in [-0.1, -0.05) is 6.92 Å². The number of hydrogen-bond acceptors (Lipinski definition) is 4. The van der Waals surface area contributed by atoms with E-state index in [0.717, 1.165) is 6.42 Å². The van der Waals surface area contributed by atoms with Crippen molar-refractivity contribution in [1.82, 2.24) is 4.31 Å². The molecule has 0 unspecified atom stereocenters. The maximum absolute atomic E-state index is 12.6. The van der Waals surface area contributed by atoms with Crippen LogP contribution in [-0.2, 0) is 14.8 Å². The van der Waals surface area contributed by atoms with E-state index in [1.807, 2.05) is 20.8 Å². The fourth-order valence-electron chi connectivity index (χ4n) is 2.40. The minimum absolute atomic E-state index is 0.0873. The number of morpholine rings is 1. The van der Waals surface area contributed by atoms with E-state index in [9.17, 15) is 8.42 Å². The van der Waals surface area contributed by atoms with Crippen LogP contribution < -0.4 is 4.74 Å². The molecule has 2 rings (SSSR count). The van der Waals surface area contributed by atoms with Gasteiger partial charge < -0.3 is 9.47 Å². The molecule has 0 aliphatic carbocycles. The Morgan fingerprint density at radius 1 is 1.19 bits per heavy atom. The first-order valence-corrected chi connectivity index (χ1v) is 8.76. The lowest BCUT2D eigenvalue weighted by Gasteiger charge is -2.34. The molecular formula is C15H23NO4S. The average Bonchev–Trinajstić information content (AvgIpc) is 2.44. The van der Waals surface area contributed by atoms with Gasteiger partial charge >= 0.3 is 0 Å². The van der Waals surface area contributed by atoms with Gasteiger partial charge in [-0.05, 0) is 44.5 Å². The summed E-state index contributed by atoms with van der Waals surface area (Å²) < 4.78 is 37.8. The number of rotatable bonds is 5. The van der Waals surface area contributed by atoms with Gasteiger partial charge in [-0.2, -0.15) is 4.31 Å². The summed E-state index contributed by atoms with van der Waals surface area (Å²) in [6, 6.07) is 6.61. The predicted octanol–water partition coefficient (Wildman–Crippen LogP) is 2.27. The Hall–Kier alpha value is -1.11. The zero-order valence-corrected chi connectivity index (χ0v) is 13.6. The molecule has 1 aromatic rings. The molecule has 21 heavy (non-hydrogen) atoms. The van der Waals surface area contributed by atoms with Crippen LogP contribution in [0.3, 0.4) is 0 Å². The van der Waals surface area contributed by atoms with Gasteiger partial charge in [0.15, 0.2) is 0 Å². The molecule has 0 saturated carbocycles. The molecule has 1 aromatic carbocycles. The summed E-state index contributed by atoms with van der Waals surface area (Å²) in [5, 5.41) is 0. The van der Waals surface area contributed by atoms with Crippen LogP contribution in [0.2, 0.25) is 0 Å². The molecule has 6 heteroatoms. The summed E-state index contributed by atoms with van der Waals surface area (Å²) in [6.07, 6.45) is 0.746. The second-order valence-electron chi connectivity index (χ2n) is 5.40. The minimum atomic E-state index is -3.47. The van der Waals surface area contributed by atoms with Gasteiger partial charge in [0, 0.05) is 13.1 Å². The van der Waals surface area contributed by atoms with Crippen molar-refractivity contribution in [3.63, 3.8) is 0 Å². The van der Waals surface area contributed by atoms with Gasteiger partial charge in [0.25, 0.3) is 0 Å². The third kappa shape index (κ3) is 3.96. The van der Waals surface area contributed by atoms with Crippen LogP contribution in [0.5, 0.6) is 5.75 Å². The number of ether oxygens (including phenoxy) is 2. The molecule has 1 aliphatic heterocycles. The van der Waals surface area contributed by atoms with E-state index >= 15 is 0 Å². The summed E-state index contributed by atoms with van der Waals surface area (Å²) in [5.41, 5.74) is 0. The standard InChI is InChI=1S/C15H23NO4S/c1-4-9-19-14-5-7-15(8-6-14)21(17,18)16-10-12(2)20-13(3)11-16/h5-8,12-13H,4,9-11H2,1-3H3/t12-,13+. The molecule has 0 amide bonds. The lowest BCUT2D eigenvalue weighted by molar-refractivity contribution is -0.0440. The van der Waals surface area contributed by atoms with Crippen LogP contribution in [0.1, 0.15) is 27.2 Å². The van der Waals surface area contributed by atoms with Crippen LogP contribution in [-0.4, -0.2) is 44.6 Å². The van der Waals surface area contributed by atoms with Crippen LogP contribution in [0, 0.1) is 0 Å². The zero-order chi connectivity index (χ0) is 15.5. The lowest BCUT2D eigenvalue weighted by Crippen LogP contribution is -2.48. The van der Waals surface area contributed by atoms with Crippen LogP contribution in [0.4, 0.5) is 0 Å². The normalized spacial score (nSPS) is 24.0. The Bertz CT molecular complexity index is 546. The van der Waals surface area contributed by atoms with Gasteiger partial charge in [0.05, 0.1) is 23.7 Å². The Kier molecular flexibility index (Phi) is 5.24. The smallest absolute Gasteiger partial charge is 0.243 e. The fourth-order valence-corrected chi connectivity index (χ4v) is 3.99. The molecule has 1 fully saturated rings. The van der Waals surface area contributed by atoms with Crippen LogP contribution >= 0.6 is 0 Å². The second-order valence-corrected chi connectivity index (χ2v) is 7.34. The fraction of sp³-hybridized carbons (Fsp3) is 0.600. The van der Waals surface area contributed by atoms with Gasteiger partial charge in [0.2, 0.25) is 10.0 Å². The summed E-state index contributed by atoms with van der Waals surface area (Å²) in [5.74, 6) is 0.694. The first-order valence-electron chi connectivity index (χ1n) is 7.32. The molecule has 0 radical (unpaired) electrons. The Balaban J connectivity index is 2.15. The Morgan fingerprint density at radius 3 is 2.29 bits per heavy atom. The van der Waals surface area contributed by atoms with E-state index in [1.165, 1.54) is 4.31 Å². The quantitative estimate of drug-likeness (QED) is 0.837. The third-order valence-corrected chi connectivity index (χ3v) is 5.17. The molecule has 0 spiro atoms. The molecule has 2 atom stereocenters. The lowest BCUT2D eigenvalue weighted by atomic mass is 10.3. The molecule has 5 nitrogen and oxygen atoms in total. The van der Waals surface area contributed by atoms with Gasteiger partial charge in [-0.15, -0.1) is 0 Å². The van der Waals surface area contributed by atoms with Crippen LogP contribution in [0.15, 0.2) is 29.2 Å². The molecule has 1 saturated heterocycles. The summed E-state index contributed by atoms with van der Waals surface area (Å²) in [6.45, 7) is 7.21. The van der Waals surface area contributed by atoms with Crippen molar-refractivity contribution in [1.29, 1.82) is 0 Å². The van der Waals surface area contributed by atoms with Crippen molar-refractivity contribution in [2.45, 2.75) is 44.3 Å². The van der Waals surface area contributed by atoms with E-state index < -0.39 is 10.0 Å². The Labute approximate surface area is 126 Å². The highest BCUT2D eigenvalue weighted by atomic mass is 32.2. The molecular weight excluding hydrogens is 290 g/mol. The molecule has 0 bridgehead atoms. The maximum atomic E-state index is 12.6. The van der Waals surface area contributed by atoms with Crippen molar-refractivity contribution < 1.29 is 17.9 Å². The SMILES string of the molecule is CCCOc1ccc(S(=O)(=O)N2C[C@@H](C)O[C@@H](C)C2)cc1. The van der Waals surface area contributed by atoms with E-state index in [2.05, 4.69) is 0 Å². The van der Waals surface area contributed by atoms with Crippen molar-refractivity contribution in [2.24, 2.45) is 0 Å². The van der Waals surface area contributed by atoms with Crippen molar-refractivity contribution in [2.75, 3.05) is 19.7 Å². The largest absolute Gasteiger partial charge is 0.494 e. The number of nitrogens with zero attached hydrogens (tertiary/aromatic N) is 1. The zero-order valence-electron chi connectivity index (χ0n) is 12.8. The van der Waals surface area contributed by atoms with Crippen molar-refractivity contribution >= 4 is 10.0 Å². The highest BCUT2D eigenvalue weighted by Crippen LogP contribution is 2.23. The van der Waals surface area contributed by atoms with Gasteiger partial charge in [0.1, 0.15) is 5.75 Å². The topological polar surface area (TPSA) is 55.8 Å². The summed E-state index contributed by atoms with van der Waals surface area (Å²) in [7, 11) is -3.47. The molecule has 1 aliphatic rings. The minimum Gasteiger partial charge on any atom is -0.494 e. The second kappa shape index (κ2) is 6.77. The number of benzene rings is 1. The summed E-state index contributed by atoms with van der Waals surface area (Å²) in [4.78, 5) is 0.299. The van der Waals surface area contributed by atoms with E-state index in [4.69, 9.17) is 9.47 Å². The highest BCUT2D eigenvalue weighted by molar-refractivity contribution is 7.89. The molecule has 1 heterocycles. The van der Waals surface area contributed by atoms with Crippen molar-refractivity contribution in [3.8, 4) is 5.75 Å². The number of sulfonamides is 1. The summed E-state index contributed by atoms with van der Waals surface area (Å²) >= 11 is 0. The Morgan fingerprint density at radius 2 is 1.76 bits per heavy atom. The monoisotopic (exact) mass is 313 g/mol. The first kappa shape index (κ1) is 16.3. The van der Waals surface area contributed by atoms with Crippen molar-refractivity contribution in [3.05, 3.63) is 24.3 Å². The highest BCUT2D eigenvalue weighted by Gasteiger charge is 2.32. The average molecular weight is 313 g/mol. The molecule has 0 aromatic heterocycles. The third-order valence-electron chi connectivity index (χ3n) is 3.32. The van der Waals surface area contributed by atoms with E-state index in [-0.39, 0.29) is 12.2 Å². The first-order chi connectivity index (χ1) is 9.93. The molecule has 118 valence electrons. The predicted molar refractivity (Wildman–Crippen MR) is 81.0 cm³/mol. The van der Waals surface area contributed by atoms with Crippen LogP contribution in [0.25, 0.3) is 0 Å². The maximum Gasteiger partial charge on any atom is 0.243 e. The van der Waals surface area contributed by atoms with Gasteiger partial charge in [-0.25, -0.2) is 8.42 Å². The van der Waals surface area contributed by atoms with E-state index in [1.54, 1.807) is 24.3 Å². The number of hydrogen-bond donors (Lipinski definition) is 0. The molecule has 0 N–H and O–H groups in total.